The predicted octanol–water partition coefficient (Wildman–Crippen LogP) is 7.39. The molecule has 1 amide bonds. The van der Waals surface area contributed by atoms with Gasteiger partial charge in [0, 0.05) is 41.3 Å². The highest BCUT2D eigenvalue weighted by Gasteiger charge is 2.47. The van der Waals surface area contributed by atoms with E-state index in [-0.39, 0.29) is 34.8 Å². The standard InChI is InChI=1S/C26H26Cl2F2N2O/c1-15-21(16-6-8-18(27)9-7-16)22(24(33)31(5)14-25(2,3)4)32-13-17-12-19(28)10-11-20(17)26(29,30)23(15)32/h6-12H,13-14H2,1-5H3. The van der Waals surface area contributed by atoms with Crippen LogP contribution >= 0.6 is 23.2 Å². The van der Waals surface area contributed by atoms with E-state index >= 15 is 8.78 Å². The Kier molecular flexibility index (Phi) is 5.86. The van der Waals surface area contributed by atoms with Crippen LogP contribution in [-0.4, -0.2) is 29.0 Å². The summed E-state index contributed by atoms with van der Waals surface area (Å²) in [6, 6.07) is 11.3. The Hall–Kier alpha value is -2.37. The SMILES string of the molecule is Cc1c(-c2ccc(Cl)cc2)c(C(=O)N(C)CC(C)(C)C)n2c1C(F)(F)c1ccc(Cl)cc1C2. The fourth-order valence-electron chi connectivity index (χ4n) is 4.76. The van der Waals surface area contributed by atoms with Crippen molar-refractivity contribution in [1.82, 2.24) is 9.47 Å². The summed E-state index contributed by atoms with van der Waals surface area (Å²) in [6.45, 7) is 8.36. The molecule has 0 atom stereocenters. The number of halogens is 4. The first kappa shape index (κ1) is 23.8. The van der Waals surface area contributed by atoms with Crippen molar-refractivity contribution in [3.63, 3.8) is 0 Å². The fraction of sp³-hybridized carbons (Fsp3) is 0.346. The lowest BCUT2D eigenvalue weighted by Gasteiger charge is -2.31. The number of carbonyl (C=O) groups is 1. The predicted molar refractivity (Wildman–Crippen MR) is 130 cm³/mol. The highest BCUT2D eigenvalue weighted by Crippen LogP contribution is 2.48. The molecule has 0 unspecified atom stereocenters. The molecule has 0 radical (unpaired) electrons. The van der Waals surface area contributed by atoms with Gasteiger partial charge in [-0.3, -0.25) is 4.79 Å². The Labute approximate surface area is 202 Å². The molecule has 174 valence electrons. The van der Waals surface area contributed by atoms with Crippen molar-refractivity contribution in [2.45, 2.75) is 40.2 Å². The number of alkyl halides is 2. The maximum absolute atomic E-state index is 15.9. The number of fused-ring (bicyclic) bond motifs is 2. The molecular weight excluding hydrogens is 465 g/mol. The van der Waals surface area contributed by atoms with Gasteiger partial charge in [-0.15, -0.1) is 0 Å². The van der Waals surface area contributed by atoms with Crippen molar-refractivity contribution in [3.05, 3.63) is 80.6 Å². The number of hydrogen-bond acceptors (Lipinski definition) is 1. The van der Waals surface area contributed by atoms with Gasteiger partial charge >= 0.3 is 5.92 Å². The topological polar surface area (TPSA) is 25.2 Å². The largest absolute Gasteiger partial charge is 0.340 e. The Morgan fingerprint density at radius 1 is 1.09 bits per heavy atom. The van der Waals surface area contributed by atoms with Gasteiger partial charge in [0.1, 0.15) is 5.69 Å². The normalized spacial score (nSPS) is 14.6. The summed E-state index contributed by atoms with van der Waals surface area (Å²) in [5.41, 5.74) is 1.83. The van der Waals surface area contributed by atoms with Crippen LogP contribution in [0.4, 0.5) is 8.78 Å². The Balaban J connectivity index is 1.99. The second-order valence-corrected chi connectivity index (χ2v) is 10.8. The Bertz CT molecular complexity index is 1240. The summed E-state index contributed by atoms with van der Waals surface area (Å²) in [5, 5.41) is 0.915. The molecule has 0 spiro atoms. The summed E-state index contributed by atoms with van der Waals surface area (Å²) >= 11 is 12.2. The molecule has 0 saturated carbocycles. The van der Waals surface area contributed by atoms with E-state index in [0.717, 1.165) is 0 Å². The van der Waals surface area contributed by atoms with Gasteiger partial charge in [-0.25, -0.2) is 0 Å². The van der Waals surface area contributed by atoms with Crippen LogP contribution in [0.5, 0.6) is 0 Å². The van der Waals surface area contributed by atoms with E-state index in [2.05, 4.69) is 0 Å². The summed E-state index contributed by atoms with van der Waals surface area (Å²) < 4.78 is 33.2. The summed E-state index contributed by atoms with van der Waals surface area (Å²) in [7, 11) is 1.71. The van der Waals surface area contributed by atoms with Gasteiger partial charge in [-0.05, 0) is 53.3 Å². The first-order chi connectivity index (χ1) is 15.3. The summed E-state index contributed by atoms with van der Waals surface area (Å²) in [4.78, 5) is 15.4. The molecule has 2 heterocycles. The van der Waals surface area contributed by atoms with Crippen LogP contribution in [0.25, 0.3) is 11.1 Å². The maximum Gasteiger partial charge on any atom is 0.313 e. The van der Waals surface area contributed by atoms with E-state index in [1.807, 2.05) is 20.8 Å². The van der Waals surface area contributed by atoms with Crippen molar-refractivity contribution in [1.29, 1.82) is 0 Å². The van der Waals surface area contributed by atoms with Crippen LogP contribution in [0.2, 0.25) is 10.0 Å². The van der Waals surface area contributed by atoms with Crippen molar-refractivity contribution < 1.29 is 13.6 Å². The first-order valence-electron chi connectivity index (χ1n) is 10.7. The number of aromatic nitrogens is 1. The van der Waals surface area contributed by atoms with E-state index in [4.69, 9.17) is 23.2 Å². The number of benzene rings is 2. The molecule has 0 N–H and O–H groups in total. The zero-order valence-electron chi connectivity index (χ0n) is 19.3. The van der Waals surface area contributed by atoms with Crippen molar-refractivity contribution in [2.24, 2.45) is 5.41 Å². The molecule has 0 saturated heterocycles. The zero-order valence-corrected chi connectivity index (χ0v) is 20.8. The number of amides is 1. The molecule has 1 aliphatic heterocycles. The van der Waals surface area contributed by atoms with Crippen LogP contribution in [0.1, 0.15) is 53.6 Å². The Morgan fingerprint density at radius 3 is 2.30 bits per heavy atom. The average molecular weight is 491 g/mol. The second-order valence-electron chi connectivity index (χ2n) is 9.89. The van der Waals surface area contributed by atoms with Gasteiger partial charge in [0.2, 0.25) is 0 Å². The third-order valence-corrected chi connectivity index (χ3v) is 6.42. The molecule has 7 heteroatoms. The minimum absolute atomic E-state index is 0.0790. The third-order valence-electron chi connectivity index (χ3n) is 5.93. The van der Waals surface area contributed by atoms with E-state index in [9.17, 15) is 4.79 Å². The molecule has 0 bridgehead atoms. The lowest BCUT2D eigenvalue weighted by Crippen LogP contribution is -2.37. The monoisotopic (exact) mass is 490 g/mol. The molecule has 0 aliphatic carbocycles. The molecule has 1 aromatic heterocycles. The van der Waals surface area contributed by atoms with Crippen molar-refractivity contribution >= 4 is 29.1 Å². The number of nitrogens with zero attached hydrogens (tertiary/aromatic N) is 2. The molecular formula is C26H26Cl2F2N2O. The molecule has 3 nitrogen and oxygen atoms in total. The van der Waals surface area contributed by atoms with E-state index in [1.54, 1.807) is 49.2 Å². The summed E-state index contributed by atoms with van der Waals surface area (Å²) in [5.74, 6) is -3.57. The number of hydrogen-bond donors (Lipinski definition) is 0. The number of carbonyl (C=O) groups excluding carboxylic acids is 1. The van der Waals surface area contributed by atoms with Crippen LogP contribution in [0.3, 0.4) is 0 Å². The fourth-order valence-corrected chi connectivity index (χ4v) is 5.08. The van der Waals surface area contributed by atoms with E-state index < -0.39 is 5.92 Å². The highest BCUT2D eigenvalue weighted by atomic mass is 35.5. The second kappa shape index (κ2) is 8.14. The molecule has 0 fully saturated rings. The Morgan fingerprint density at radius 2 is 1.70 bits per heavy atom. The van der Waals surface area contributed by atoms with E-state index in [0.29, 0.717) is 38.8 Å². The highest BCUT2D eigenvalue weighted by molar-refractivity contribution is 6.31. The molecule has 1 aliphatic rings. The van der Waals surface area contributed by atoms with Crippen LogP contribution in [0.15, 0.2) is 42.5 Å². The van der Waals surface area contributed by atoms with Gasteiger partial charge in [0.25, 0.3) is 5.91 Å². The lowest BCUT2D eigenvalue weighted by atomic mass is 9.93. The smallest absolute Gasteiger partial charge is 0.313 e. The maximum atomic E-state index is 15.9. The van der Waals surface area contributed by atoms with Gasteiger partial charge < -0.3 is 9.47 Å². The van der Waals surface area contributed by atoms with Crippen molar-refractivity contribution in [3.8, 4) is 11.1 Å². The van der Waals surface area contributed by atoms with Gasteiger partial charge in [-0.1, -0.05) is 62.2 Å². The van der Waals surface area contributed by atoms with E-state index in [1.165, 1.54) is 16.7 Å². The van der Waals surface area contributed by atoms with Gasteiger partial charge in [0.05, 0.1) is 5.69 Å². The summed E-state index contributed by atoms with van der Waals surface area (Å²) in [6.07, 6.45) is 0. The first-order valence-corrected chi connectivity index (χ1v) is 11.5. The lowest BCUT2D eigenvalue weighted by molar-refractivity contribution is 0.0274. The van der Waals surface area contributed by atoms with Crippen LogP contribution in [-0.2, 0) is 12.5 Å². The van der Waals surface area contributed by atoms with Crippen LogP contribution < -0.4 is 0 Å². The molecule has 33 heavy (non-hydrogen) atoms. The molecule has 3 aromatic rings. The molecule has 4 rings (SSSR count). The average Bonchev–Trinajstić information content (AvgIpc) is 2.99. The molecule has 2 aromatic carbocycles. The number of rotatable bonds is 3. The van der Waals surface area contributed by atoms with Gasteiger partial charge in [0.15, 0.2) is 0 Å². The third kappa shape index (κ3) is 4.17. The minimum Gasteiger partial charge on any atom is -0.340 e. The minimum atomic E-state index is -3.27. The van der Waals surface area contributed by atoms with Crippen molar-refractivity contribution in [2.75, 3.05) is 13.6 Å². The van der Waals surface area contributed by atoms with Crippen LogP contribution in [0, 0.1) is 12.3 Å². The van der Waals surface area contributed by atoms with Gasteiger partial charge in [-0.2, -0.15) is 8.78 Å². The zero-order chi connectivity index (χ0) is 24.3. The quantitative estimate of drug-likeness (QED) is 0.375.